The van der Waals surface area contributed by atoms with Gasteiger partial charge in [-0.05, 0) is 17.7 Å². The summed E-state index contributed by atoms with van der Waals surface area (Å²) in [5.74, 6) is 0. The first-order valence-corrected chi connectivity index (χ1v) is 7.21. The number of carbonyl (C=O) groups excluding carboxylic acids is 1. The molecule has 0 spiro atoms. The Bertz CT molecular complexity index is 682. The molecule has 0 bridgehead atoms. The number of aromatic nitrogens is 1. The molecule has 2 heterocycles. The number of hydrazone groups is 1. The minimum Gasteiger partial charge on any atom is -0.329 e. The standard InChI is InChI=1S/C17H18N4O/c1-20(2)17(22)21-16(13-8-4-3-5-9-13)12-15(19-21)14-10-6-7-11-18-14/h3-11,16H,12H2,1-2H3. The summed E-state index contributed by atoms with van der Waals surface area (Å²) in [5, 5.41) is 6.09. The molecular weight excluding hydrogens is 276 g/mol. The lowest BCUT2D eigenvalue weighted by Crippen LogP contribution is -2.36. The maximum atomic E-state index is 12.4. The molecular formula is C17H18N4O. The lowest BCUT2D eigenvalue weighted by atomic mass is 10.0. The van der Waals surface area contributed by atoms with Crippen molar-refractivity contribution in [1.82, 2.24) is 14.9 Å². The third-order valence-corrected chi connectivity index (χ3v) is 3.63. The Morgan fingerprint density at radius 2 is 1.86 bits per heavy atom. The number of urea groups is 1. The molecule has 3 rings (SSSR count). The van der Waals surface area contributed by atoms with Crippen molar-refractivity contribution in [3.63, 3.8) is 0 Å². The minimum absolute atomic E-state index is 0.0897. The van der Waals surface area contributed by atoms with Crippen LogP contribution in [0.1, 0.15) is 23.7 Å². The van der Waals surface area contributed by atoms with Gasteiger partial charge < -0.3 is 4.90 Å². The van der Waals surface area contributed by atoms with Crippen LogP contribution < -0.4 is 0 Å². The van der Waals surface area contributed by atoms with Crippen LogP contribution in [-0.4, -0.2) is 40.7 Å². The number of rotatable bonds is 2. The quantitative estimate of drug-likeness (QED) is 0.855. The Balaban J connectivity index is 1.96. The third kappa shape index (κ3) is 2.70. The molecule has 0 aliphatic carbocycles. The second-order valence-electron chi connectivity index (χ2n) is 5.41. The molecule has 1 aliphatic heterocycles. The van der Waals surface area contributed by atoms with Crippen molar-refractivity contribution in [2.24, 2.45) is 5.10 Å². The number of amides is 2. The van der Waals surface area contributed by atoms with E-state index in [0.29, 0.717) is 6.42 Å². The molecule has 0 saturated heterocycles. The van der Waals surface area contributed by atoms with E-state index in [0.717, 1.165) is 17.0 Å². The zero-order chi connectivity index (χ0) is 15.5. The van der Waals surface area contributed by atoms with Gasteiger partial charge in [-0.15, -0.1) is 0 Å². The Hall–Kier alpha value is -2.69. The highest BCUT2D eigenvalue weighted by Gasteiger charge is 2.34. The van der Waals surface area contributed by atoms with Crippen LogP contribution >= 0.6 is 0 Å². The first kappa shape index (κ1) is 14.3. The van der Waals surface area contributed by atoms with Gasteiger partial charge in [0.05, 0.1) is 17.4 Å². The summed E-state index contributed by atoms with van der Waals surface area (Å²) >= 11 is 0. The lowest BCUT2D eigenvalue weighted by molar-refractivity contribution is 0.159. The van der Waals surface area contributed by atoms with Crippen LogP contribution in [0.15, 0.2) is 59.8 Å². The van der Waals surface area contributed by atoms with Gasteiger partial charge in [0.2, 0.25) is 0 Å². The number of carbonyl (C=O) groups is 1. The number of benzene rings is 1. The number of hydrogen-bond acceptors (Lipinski definition) is 3. The van der Waals surface area contributed by atoms with Crippen LogP contribution in [0.4, 0.5) is 4.79 Å². The molecule has 0 N–H and O–H groups in total. The minimum atomic E-state index is -0.125. The van der Waals surface area contributed by atoms with Gasteiger partial charge in [-0.2, -0.15) is 5.10 Å². The van der Waals surface area contributed by atoms with E-state index in [4.69, 9.17) is 0 Å². The number of pyridine rings is 1. The molecule has 2 aromatic rings. The van der Waals surface area contributed by atoms with Crippen molar-refractivity contribution in [3.05, 3.63) is 66.0 Å². The van der Waals surface area contributed by atoms with E-state index >= 15 is 0 Å². The highest BCUT2D eigenvalue weighted by molar-refractivity contribution is 6.01. The van der Waals surface area contributed by atoms with E-state index < -0.39 is 0 Å². The fourth-order valence-electron chi connectivity index (χ4n) is 2.51. The lowest BCUT2D eigenvalue weighted by Gasteiger charge is -2.25. The molecule has 1 atom stereocenters. The normalized spacial score (nSPS) is 17.3. The molecule has 5 nitrogen and oxygen atoms in total. The molecule has 2 amide bonds. The van der Waals surface area contributed by atoms with Gasteiger partial charge in [-0.3, -0.25) is 4.98 Å². The second kappa shape index (κ2) is 5.97. The average Bonchev–Trinajstić information content (AvgIpc) is 3.01. The summed E-state index contributed by atoms with van der Waals surface area (Å²) in [4.78, 5) is 18.3. The molecule has 0 fully saturated rings. The molecule has 22 heavy (non-hydrogen) atoms. The molecule has 5 heteroatoms. The van der Waals surface area contributed by atoms with Crippen molar-refractivity contribution in [2.75, 3.05) is 14.1 Å². The first-order chi connectivity index (χ1) is 10.7. The van der Waals surface area contributed by atoms with E-state index in [-0.39, 0.29) is 12.1 Å². The van der Waals surface area contributed by atoms with Crippen LogP contribution in [0.5, 0.6) is 0 Å². The molecule has 0 saturated carbocycles. The summed E-state index contributed by atoms with van der Waals surface area (Å²) < 4.78 is 0. The van der Waals surface area contributed by atoms with E-state index in [1.807, 2.05) is 48.5 Å². The topological polar surface area (TPSA) is 48.8 Å². The first-order valence-electron chi connectivity index (χ1n) is 7.21. The largest absolute Gasteiger partial charge is 0.340 e. The maximum absolute atomic E-state index is 12.4. The van der Waals surface area contributed by atoms with Gasteiger partial charge in [0.15, 0.2) is 0 Å². The van der Waals surface area contributed by atoms with Crippen LogP contribution in [-0.2, 0) is 0 Å². The number of nitrogens with zero attached hydrogens (tertiary/aromatic N) is 4. The fourth-order valence-corrected chi connectivity index (χ4v) is 2.51. The van der Waals surface area contributed by atoms with Crippen molar-refractivity contribution in [2.45, 2.75) is 12.5 Å². The van der Waals surface area contributed by atoms with Gasteiger partial charge >= 0.3 is 6.03 Å². The van der Waals surface area contributed by atoms with E-state index in [1.165, 1.54) is 0 Å². The zero-order valence-corrected chi connectivity index (χ0v) is 12.7. The summed E-state index contributed by atoms with van der Waals surface area (Å²) in [6.07, 6.45) is 2.41. The molecule has 1 unspecified atom stereocenters. The van der Waals surface area contributed by atoms with E-state index in [9.17, 15) is 4.79 Å². The molecule has 1 aromatic carbocycles. The SMILES string of the molecule is CN(C)C(=O)N1N=C(c2ccccn2)CC1c1ccccc1. The van der Waals surface area contributed by atoms with Gasteiger partial charge in [0, 0.05) is 26.7 Å². The average molecular weight is 294 g/mol. The van der Waals surface area contributed by atoms with Crippen molar-refractivity contribution in [1.29, 1.82) is 0 Å². The van der Waals surface area contributed by atoms with Gasteiger partial charge in [-0.1, -0.05) is 36.4 Å². The molecule has 1 aliphatic rings. The van der Waals surface area contributed by atoms with Crippen LogP contribution in [0.3, 0.4) is 0 Å². The second-order valence-corrected chi connectivity index (χ2v) is 5.41. The Labute approximate surface area is 129 Å². The highest BCUT2D eigenvalue weighted by Crippen LogP contribution is 2.32. The predicted molar refractivity (Wildman–Crippen MR) is 85.5 cm³/mol. The van der Waals surface area contributed by atoms with Crippen LogP contribution in [0.2, 0.25) is 0 Å². The molecule has 0 radical (unpaired) electrons. The Morgan fingerprint density at radius 1 is 1.14 bits per heavy atom. The van der Waals surface area contributed by atoms with Crippen LogP contribution in [0.25, 0.3) is 0 Å². The summed E-state index contributed by atoms with van der Waals surface area (Å²) in [7, 11) is 3.47. The number of hydrogen-bond donors (Lipinski definition) is 0. The molecule has 112 valence electrons. The molecule has 1 aromatic heterocycles. The zero-order valence-electron chi connectivity index (χ0n) is 12.7. The maximum Gasteiger partial charge on any atom is 0.340 e. The van der Waals surface area contributed by atoms with Gasteiger partial charge in [0.25, 0.3) is 0 Å². The van der Waals surface area contributed by atoms with E-state index in [2.05, 4.69) is 10.1 Å². The summed E-state index contributed by atoms with van der Waals surface area (Å²) in [6, 6.07) is 15.5. The van der Waals surface area contributed by atoms with Crippen molar-refractivity contribution < 1.29 is 4.79 Å². The highest BCUT2D eigenvalue weighted by atomic mass is 16.2. The summed E-state index contributed by atoms with van der Waals surface area (Å²) in [6.45, 7) is 0. The third-order valence-electron chi connectivity index (χ3n) is 3.63. The fraction of sp³-hybridized carbons (Fsp3) is 0.235. The Morgan fingerprint density at radius 3 is 2.50 bits per heavy atom. The monoisotopic (exact) mass is 294 g/mol. The smallest absolute Gasteiger partial charge is 0.329 e. The summed E-state index contributed by atoms with van der Waals surface area (Å²) in [5.41, 5.74) is 2.73. The van der Waals surface area contributed by atoms with Gasteiger partial charge in [-0.25, -0.2) is 9.80 Å². The predicted octanol–water partition coefficient (Wildman–Crippen LogP) is 2.91. The van der Waals surface area contributed by atoms with Crippen LogP contribution in [0, 0.1) is 0 Å². The Kier molecular flexibility index (Phi) is 3.87. The van der Waals surface area contributed by atoms with Gasteiger partial charge in [0.1, 0.15) is 0 Å². The van der Waals surface area contributed by atoms with Crippen molar-refractivity contribution in [3.8, 4) is 0 Å². The van der Waals surface area contributed by atoms with Crippen molar-refractivity contribution >= 4 is 11.7 Å². The van der Waals surface area contributed by atoms with E-state index in [1.54, 1.807) is 30.2 Å².